The van der Waals surface area contributed by atoms with Crippen LogP contribution in [0, 0.1) is 5.82 Å². The van der Waals surface area contributed by atoms with Gasteiger partial charge in [0.25, 0.3) is 0 Å². The maximum Gasteiger partial charge on any atom is 0.150 e. The first kappa shape index (κ1) is 13.7. The molecule has 1 saturated heterocycles. The number of nitrogens with zero attached hydrogens (tertiary/aromatic N) is 1. The topological polar surface area (TPSA) is 44.7 Å². The summed E-state index contributed by atoms with van der Waals surface area (Å²) in [5.74, 6) is -0.562. The molecule has 0 bridgehead atoms. The molecular weight excluding hydrogens is 271 g/mol. The van der Waals surface area contributed by atoms with Crippen molar-refractivity contribution in [2.45, 2.75) is 0 Å². The number of morpholine rings is 1. The molecule has 2 aromatic rings. The standard InChI is InChI=1S/C16H17FN2O2/c17-15-11-14(20)5-6-16(15)18-12-1-3-13(4-2-12)19-7-9-21-10-8-19/h1-6,11,18,20H,7-10H2. The van der Waals surface area contributed by atoms with Crippen LogP contribution >= 0.6 is 0 Å². The van der Waals surface area contributed by atoms with Crippen LogP contribution in [0.25, 0.3) is 0 Å². The molecule has 5 heteroatoms. The quantitative estimate of drug-likeness (QED) is 0.852. The van der Waals surface area contributed by atoms with Gasteiger partial charge >= 0.3 is 0 Å². The number of anilines is 3. The van der Waals surface area contributed by atoms with Crippen LogP contribution in [-0.2, 0) is 4.74 Å². The fourth-order valence-corrected chi connectivity index (χ4v) is 2.34. The van der Waals surface area contributed by atoms with Crippen LogP contribution in [0.2, 0.25) is 0 Å². The van der Waals surface area contributed by atoms with Crippen molar-refractivity contribution in [2.75, 3.05) is 36.5 Å². The van der Waals surface area contributed by atoms with Crippen molar-refractivity contribution >= 4 is 17.1 Å². The van der Waals surface area contributed by atoms with E-state index in [4.69, 9.17) is 4.74 Å². The van der Waals surface area contributed by atoms with Crippen LogP contribution in [0.5, 0.6) is 5.75 Å². The summed E-state index contributed by atoms with van der Waals surface area (Å²) in [6.07, 6.45) is 0. The van der Waals surface area contributed by atoms with E-state index in [0.29, 0.717) is 5.69 Å². The molecule has 1 fully saturated rings. The Hall–Kier alpha value is -2.27. The minimum absolute atomic E-state index is 0.0827. The van der Waals surface area contributed by atoms with Gasteiger partial charge < -0.3 is 20.1 Å². The van der Waals surface area contributed by atoms with E-state index < -0.39 is 5.82 Å². The normalized spacial score (nSPS) is 15.0. The highest BCUT2D eigenvalue weighted by atomic mass is 19.1. The first-order valence-electron chi connectivity index (χ1n) is 6.91. The molecule has 0 amide bonds. The summed E-state index contributed by atoms with van der Waals surface area (Å²) in [6, 6.07) is 11.9. The first-order chi connectivity index (χ1) is 10.2. The Labute approximate surface area is 122 Å². The zero-order valence-electron chi connectivity index (χ0n) is 11.6. The van der Waals surface area contributed by atoms with Gasteiger partial charge in [0.05, 0.1) is 18.9 Å². The van der Waals surface area contributed by atoms with Crippen molar-refractivity contribution in [3.8, 4) is 5.75 Å². The SMILES string of the molecule is Oc1ccc(Nc2ccc(N3CCOCC3)cc2)c(F)c1. The fourth-order valence-electron chi connectivity index (χ4n) is 2.34. The van der Waals surface area contributed by atoms with Crippen LogP contribution in [0.3, 0.4) is 0 Å². The van der Waals surface area contributed by atoms with E-state index in [-0.39, 0.29) is 5.75 Å². The molecule has 1 aliphatic heterocycles. The molecule has 4 nitrogen and oxygen atoms in total. The van der Waals surface area contributed by atoms with Gasteiger partial charge in [-0.2, -0.15) is 0 Å². The number of aromatic hydroxyl groups is 1. The minimum atomic E-state index is -0.479. The van der Waals surface area contributed by atoms with E-state index in [1.807, 2.05) is 24.3 Å². The number of hydrogen-bond acceptors (Lipinski definition) is 4. The first-order valence-corrected chi connectivity index (χ1v) is 6.91. The van der Waals surface area contributed by atoms with Crippen molar-refractivity contribution in [2.24, 2.45) is 0 Å². The third kappa shape index (κ3) is 3.25. The highest BCUT2D eigenvalue weighted by Crippen LogP contribution is 2.25. The molecule has 0 saturated carbocycles. The van der Waals surface area contributed by atoms with Crippen molar-refractivity contribution in [3.05, 3.63) is 48.3 Å². The molecule has 1 heterocycles. The molecule has 0 aliphatic carbocycles. The molecular formula is C16H17FN2O2. The second-order valence-electron chi connectivity index (χ2n) is 4.94. The van der Waals surface area contributed by atoms with E-state index in [0.717, 1.165) is 43.7 Å². The molecule has 2 N–H and O–H groups in total. The third-order valence-corrected chi connectivity index (χ3v) is 3.48. The molecule has 0 atom stereocenters. The summed E-state index contributed by atoms with van der Waals surface area (Å²) in [5, 5.41) is 12.2. The van der Waals surface area contributed by atoms with Gasteiger partial charge in [-0.15, -0.1) is 0 Å². The van der Waals surface area contributed by atoms with Gasteiger partial charge in [0.1, 0.15) is 11.6 Å². The number of halogens is 1. The molecule has 21 heavy (non-hydrogen) atoms. The van der Waals surface area contributed by atoms with Crippen LogP contribution < -0.4 is 10.2 Å². The Morgan fingerprint density at radius 2 is 1.76 bits per heavy atom. The van der Waals surface area contributed by atoms with Gasteiger partial charge in [0.15, 0.2) is 0 Å². The molecule has 1 aliphatic rings. The lowest BCUT2D eigenvalue weighted by Crippen LogP contribution is -2.36. The maximum absolute atomic E-state index is 13.7. The average molecular weight is 288 g/mol. The van der Waals surface area contributed by atoms with Crippen LogP contribution in [-0.4, -0.2) is 31.4 Å². The maximum atomic E-state index is 13.7. The summed E-state index contributed by atoms with van der Waals surface area (Å²) in [5.41, 5.74) is 2.28. The molecule has 0 radical (unpaired) electrons. The molecule has 2 aromatic carbocycles. The largest absolute Gasteiger partial charge is 0.508 e. The van der Waals surface area contributed by atoms with Crippen LogP contribution in [0.15, 0.2) is 42.5 Å². The number of hydrogen-bond donors (Lipinski definition) is 2. The summed E-state index contributed by atoms with van der Waals surface area (Å²) >= 11 is 0. The Kier molecular flexibility index (Phi) is 3.92. The lowest BCUT2D eigenvalue weighted by Gasteiger charge is -2.28. The monoisotopic (exact) mass is 288 g/mol. The van der Waals surface area contributed by atoms with Gasteiger partial charge in [-0.25, -0.2) is 4.39 Å². The Balaban J connectivity index is 1.71. The molecule has 110 valence electrons. The highest BCUT2D eigenvalue weighted by Gasteiger charge is 2.11. The number of rotatable bonds is 3. The Bertz CT molecular complexity index is 610. The third-order valence-electron chi connectivity index (χ3n) is 3.48. The second-order valence-corrected chi connectivity index (χ2v) is 4.94. The molecule has 3 rings (SSSR count). The van der Waals surface area contributed by atoms with E-state index in [1.165, 1.54) is 12.1 Å². The number of phenols is 1. The van der Waals surface area contributed by atoms with Gasteiger partial charge in [0.2, 0.25) is 0 Å². The van der Waals surface area contributed by atoms with Gasteiger partial charge in [-0.1, -0.05) is 0 Å². The van der Waals surface area contributed by atoms with E-state index in [9.17, 15) is 9.50 Å². The Morgan fingerprint density at radius 1 is 1.05 bits per heavy atom. The number of phenolic OH excluding ortho intramolecular Hbond substituents is 1. The van der Waals surface area contributed by atoms with Crippen molar-refractivity contribution < 1.29 is 14.2 Å². The zero-order chi connectivity index (χ0) is 14.7. The van der Waals surface area contributed by atoms with Crippen molar-refractivity contribution in [1.82, 2.24) is 0 Å². The lowest BCUT2D eigenvalue weighted by atomic mass is 10.2. The summed E-state index contributed by atoms with van der Waals surface area (Å²) in [4.78, 5) is 2.26. The predicted octanol–water partition coefficient (Wildman–Crippen LogP) is 3.11. The highest BCUT2D eigenvalue weighted by molar-refractivity contribution is 5.64. The molecule has 0 spiro atoms. The molecule has 0 aromatic heterocycles. The predicted molar refractivity (Wildman–Crippen MR) is 80.8 cm³/mol. The number of ether oxygens (including phenoxy) is 1. The number of nitrogens with one attached hydrogen (secondary N) is 1. The summed E-state index contributed by atoms with van der Waals surface area (Å²) < 4.78 is 19.0. The average Bonchev–Trinajstić information content (AvgIpc) is 2.52. The molecule has 0 unspecified atom stereocenters. The summed E-state index contributed by atoms with van der Waals surface area (Å²) in [7, 11) is 0. The lowest BCUT2D eigenvalue weighted by molar-refractivity contribution is 0.122. The second kappa shape index (κ2) is 6.01. The number of benzene rings is 2. The van der Waals surface area contributed by atoms with Gasteiger partial charge in [0, 0.05) is 30.5 Å². The van der Waals surface area contributed by atoms with Crippen LogP contribution in [0.1, 0.15) is 0 Å². The van der Waals surface area contributed by atoms with E-state index in [2.05, 4.69) is 10.2 Å². The van der Waals surface area contributed by atoms with E-state index in [1.54, 1.807) is 0 Å². The van der Waals surface area contributed by atoms with Crippen molar-refractivity contribution in [3.63, 3.8) is 0 Å². The Morgan fingerprint density at radius 3 is 2.43 bits per heavy atom. The van der Waals surface area contributed by atoms with E-state index >= 15 is 0 Å². The fraction of sp³-hybridized carbons (Fsp3) is 0.250. The van der Waals surface area contributed by atoms with Crippen molar-refractivity contribution in [1.29, 1.82) is 0 Å². The zero-order valence-corrected chi connectivity index (χ0v) is 11.6. The smallest absolute Gasteiger partial charge is 0.150 e. The van der Waals surface area contributed by atoms with Gasteiger partial charge in [-0.3, -0.25) is 0 Å². The minimum Gasteiger partial charge on any atom is -0.508 e. The van der Waals surface area contributed by atoms with Gasteiger partial charge in [-0.05, 0) is 36.4 Å². The summed E-state index contributed by atoms with van der Waals surface area (Å²) in [6.45, 7) is 3.27. The van der Waals surface area contributed by atoms with Crippen LogP contribution in [0.4, 0.5) is 21.5 Å².